The van der Waals surface area contributed by atoms with E-state index in [1.165, 1.54) is 30.2 Å². The number of hydrogen-bond acceptors (Lipinski definition) is 3. The summed E-state index contributed by atoms with van der Waals surface area (Å²) in [5.41, 5.74) is 0.154. The van der Waals surface area contributed by atoms with Crippen molar-refractivity contribution in [1.82, 2.24) is 0 Å². The number of rotatable bonds is 2. The van der Waals surface area contributed by atoms with E-state index in [-0.39, 0.29) is 24.6 Å². The summed E-state index contributed by atoms with van der Waals surface area (Å²) in [5.74, 6) is -0.298. The van der Waals surface area contributed by atoms with Gasteiger partial charge < -0.3 is 14.7 Å². The predicted molar refractivity (Wildman–Crippen MR) is 55.9 cm³/mol. The largest absolute Gasteiger partial charge is 0.497 e. The van der Waals surface area contributed by atoms with E-state index in [9.17, 15) is 14.3 Å². The molecule has 1 heterocycles. The molecule has 0 bridgehead atoms. The van der Waals surface area contributed by atoms with Gasteiger partial charge >= 0.3 is 0 Å². The first-order valence-electron chi connectivity index (χ1n) is 4.94. The summed E-state index contributed by atoms with van der Waals surface area (Å²) in [6.07, 6.45) is -0.686. The van der Waals surface area contributed by atoms with Gasteiger partial charge in [-0.15, -0.1) is 0 Å². The van der Waals surface area contributed by atoms with Gasteiger partial charge in [0.05, 0.1) is 31.9 Å². The Balaban J connectivity index is 2.35. The maximum Gasteiger partial charge on any atom is 0.229 e. The zero-order valence-corrected chi connectivity index (χ0v) is 8.81. The molecule has 1 atom stereocenters. The van der Waals surface area contributed by atoms with E-state index in [2.05, 4.69) is 0 Å². The average molecular weight is 225 g/mol. The molecule has 1 aliphatic rings. The number of β-amino-alcohol motifs (C(OH)–C–C–N with tert-alkyl or cyclic N) is 1. The van der Waals surface area contributed by atoms with Crippen molar-refractivity contribution in [3.63, 3.8) is 0 Å². The Morgan fingerprint density at radius 3 is 2.88 bits per heavy atom. The summed E-state index contributed by atoms with van der Waals surface area (Å²) in [5, 5.41) is 9.33. The molecule has 1 fully saturated rings. The van der Waals surface area contributed by atoms with E-state index in [0.717, 1.165) is 0 Å². The van der Waals surface area contributed by atoms with E-state index in [1.54, 1.807) is 0 Å². The predicted octanol–water partition coefficient (Wildman–Crippen LogP) is 0.932. The molecule has 4 nitrogen and oxygen atoms in total. The van der Waals surface area contributed by atoms with Crippen LogP contribution in [0.3, 0.4) is 0 Å². The molecule has 0 saturated carbocycles. The number of halogens is 1. The molecule has 1 saturated heterocycles. The molecule has 16 heavy (non-hydrogen) atoms. The molecule has 0 radical (unpaired) electrons. The maximum absolute atomic E-state index is 13.5. The third-order valence-corrected chi connectivity index (χ3v) is 2.55. The van der Waals surface area contributed by atoms with E-state index in [0.29, 0.717) is 5.75 Å². The third kappa shape index (κ3) is 1.86. The van der Waals surface area contributed by atoms with Crippen molar-refractivity contribution < 1.29 is 19.0 Å². The van der Waals surface area contributed by atoms with Gasteiger partial charge in [-0.25, -0.2) is 4.39 Å². The Hall–Kier alpha value is -1.62. The van der Waals surface area contributed by atoms with Crippen LogP contribution in [0.5, 0.6) is 5.75 Å². The lowest BCUT2D eigenvalue weighted by Gasteiger charge is -2.17. The summed E-state index contributed by atoms with van der Waals surface area (Å²) in [7, 11) is 1.47. The number of methoxy groups -OCH3 is 1. The molecular formula is C11H12FNO3. The number of aliphatic hydroxyl groups excluding tert-OH is 1. The topological polar surface area (TPSA) is 49.8 Å². The van der Waals surface area contributed by atoms with Crippen LogP contribution in [0, 0.1) is 5.82 Å². The Morgan fingerprint density at radius 2 is 2.31 bits per heavy atom. The van der Waals surface area contributed by atoms with Crippen LogP contribution in [0.1, 0.15) is 6.42 Å². The number of carbonyl (C=O) groups is 1. The standard InChI is InChI=1S/C11H12FNO3/c1-16-8-2-3-9(12)10(5-8)13-6-7(14)4-11(13)15/h2-3,5,7,14H,4,6H2,1H3. The molecule has 1 aromatic carbocycles. The molecule has 1 unspecified atom stereocenters. The van der Waals surface area contributed by atoms with E-state index < -0.39 is 11.9 Å². The van der Waals surface area contributed by atoms with Crippen molar-refractivity contribution in [3.05, 3.63) is 24.0 Å². The van der Waals surface area contributed by atoms with E-state index in [1.807, 2.05) is 0 Å². The van der Waals surface area contributed by atoms with Crippen molar-refractivity contribution in [1.29, 1.82) is 0 Å². The van der Waals surface area contributed by atoms with Crippen LogP contribution in [0.15, 0.2) is 18.2 Å². The summed E-state index contributed by atoms with van der Waals surface area (Å²) < 4.78 is 18.5. The summed E-state index contributed by atoms with van der Waals surface area (Å²) in [6.45, 7) is 0.128. The monoisotopic (exact) mass is 225 g/mol. The molecule has 0 aromatic heterocycles. The molecule has 0 aliphatic carbocycles. The lowest BCUT2D eigenvalue weighted by molar-refractivity contribution is -0.117. The van der Waals surface area contributed by atoms with Gasteiger partial charge in [0.15, 0.2) is 0 Å². The maximum atomic E-state index is 13.5. The van der Waals surface area contributed by atoms with Gasteiger partial charge in [0.2, 0.25) is 5.91 Å². The van der Waals surface area contributed by atoms with Crippen LogP contribution in [-0.2, 0) is 4.79 Å². The number of carbonyl (C=O) groups excluding carboxylic acids is 1. The second-order valence-electron chi connectivity index (χ2n) is 3.68. The summed E-state index contributed by atoms with van der Waals surface area (Å²) in [4.78, 5) is 12.7. The molecule has 86 valence electrons. The Kier molecular flexibility index (Phi) is 2.78. The fourth-order valence-corrected chi connectivity index (χ4v) is 1.75. The van der Waals surface area contributed by atoms with Crippen LogP contribution >= 0.6 is 0 Å². The van der Waals surface area contributed by atoms with Gasteiger partial charge in [-0.2, -0.15) is 0 Å². The molecule has 0 spiro atoms. The lowest BCUT2D eigenvalue weighted by Crippen LogP contribution is -2.26. The number of benzene rings is 1. The Morgan fingerprint density at radius 1 is 1.56 bits per heavy atom. The van der Waals surface area contributed by atoms with Crippen molar-refractivity contribution in [3.8, 4) is 5.75 Å². The number of hydrogen-bond donors (Lipinski definition) is 1. The SMILES string of the molecule is COc1ccc(F)c(N2CC(O)CC2=O)c1. The van der Waals surface area contributed by atoms with Crippen LogP contribution < -0.4 is 9.64 Å². The van der Waals surface area contributed by atoms with Crippen molar-refractivity contribution in [2.75, 3.05) is 18.6 Å². The number of ether oxygens (including phenoxy) is 1. The van der Waals surface area contributed by atoms with Crippen LogP contribution in [0.4, 0.5) is 10.1 Å². The molecule has 5 heteroatoms. The van der Waals surface area contributed by atoms with Gasteiger partial charge in [-0.3, -0.25) is 4.79 Å². The van der Waals surface area contributed by atoms with Crippen molar-refractivity contribution in [2.24, 2.45) is 0 Å². The summed E-state index contributed by atoms with van der Waals surface area (Å²) >= 11 is 0. The number of anilines is 1. The highest BCUT2D eigenvalue weighted by molar-refractivity contribution is 5.96. The van der Waals surface area contributed by atoms with Crippen molar-refractivity contribution >= 4 is 11.6 Å². The minimum atomic E-state index is -0.724. The Bertz CT molecular complexity index is 422. The molecule has 1 amide bonds. The van der Waals surface area contributed by atoms with Gasteiger partial charge in [0, 0.05) is 6.07 Å². The van der Waals surface area contributed by atoms with E-state index in [4.69, 9.17) is 4.74 Å². The fourth-order valence-electron chi connectivity index (χ4n) is 1.75. The first-order valence-corrected chi connectivity index (χ1v) is 4.94. The average Bonchev–Trinajstić information content (AvgIpc) is 2.58. The highest BCUT2D eigenvalue weighted by Gasteiger charge is 2.30. The van der Waals surface area contributed by atoms with E-state index >= 15 is 0 Å². The molecule has 1 aliphatic heterocycles. The summed E-state index contributed by atoms with van der Waals surface area (Å²) in [6, 6.07) is 4.17. The second-order valence-corrected chi connectivity index (χ2v) is 3.68. The minimum absolute atomic E-state index is 0.0383. The lowest BCUT2D eigenvalue weighted by atomic mass is 10.2. The first-order chi connectivity index (χ1) is 7.61. The van der Waals surface area contributed by atoms with Crippen LogP contribution in [0.2, 0.25) is 0 Å². The normalized spacial score (nSPS) is 20.3. The zero-order valence-electron chi connectivity index (χ0n) is 8.81. The zero-order chi connectivity index (χ0) is 11.7. The van der Waals surface area contributed by atoms with Gasteiger partial charge in [-0.1, -0.05) is 0 Å². The molecular weight excluding hydrogens is 213 g/mol. The minimum Gasteiger partial charge on any atom is -0.497 e. The van der Waals surface area contributed by atoms with Crippen LogP contribution in [-0.4, -0.2) is 30.8 Å². The number of aliphatic hydroxyl groups is 1. The van der Waals surface area contributed by atoms with Gasteiger partial charge in [0.25, 0.3) is 0 Å². The highest BCUT2D eigenvalue weighted by atomic mass is 19.1. The molecule has 2 rings (SSSR count). The van der Waals surface area contributed by atoms with Crippen LogP contribution in [0.25, 0.3) is 0 Å². The highest BCUT2D eigenvalue weighted by Crippen LogP contribution is 2.28. The molecule has 1 aromatic rings. The second kappa shape index (κ2) is 4.09. The Labute approximate surface area is 92.2 Å². The van der Waals surface area contributed by atoms with Gasteiger partial charge in [0.1, 0.15) is 11.6 Å². The fraction of sp³-hybridized carbons (Fsp3) is 0.364. The smallest absolute Gasteiger partial charge is 0.229 e. The quantitative estimate of drug-likeness (QED) is 0.814. The number of amides is 1. The van der Waals surface area contributed by atoms with Gasteiger partial charge in [-0.05, 0) is 12.1 Å². The third-order valence-electron chi connectivity index (χ3n) is 2.55. The first kappa shape index (κ1) is 10.9. The van der Waals surface area contributed by atoms with Crippen molar-refractivity contribution in [2.45, 2.75) is 12.5 Å². The number of nitrogens with zero attached hydrogens (tertiary/aromatic N) is 1. The molecule has 1 N–H and O–H groups in total.